The fourth-order valence-electron chi connectivity index (χ4n) is 2.94. The molecule has 0 N–H and O–H groups in total. The molecule has 0 aliphatic heterocycles. The quantitative estimate of drug-likeness (QED) is 0.718. The Labute approximate surface area is 130 Å². The smallest absolute Gasteiger partial charge is 0.213 e. The fraction of sp³-hybridized carbons (Fsp3) is 0.312. The molecular formula is C16H13NO2S2. The minimum absolute atomic E-state index is 0.0593. The van der Waals surface area contributed by atoms with Gasteiger partial charge in [-0.05, 0) is 12.8 Å². The second-order valence-corrected chi connectivity index (χ2v) is 7.93. The first-order chi connectivity index (χ1) is 10.2. The summed E-state index contributed by atoms with van der Waals surface area (Å²) in [6.07, 6.45) is 4.95. The van der Waals surface area contributed by atoms with Gasteiger partial charge < -0.3 is 0 Å². The topological polar surface area (TPSA) is 47.0 Å². The third-order valence-corrected chi connectivity index (χ3v) is 6.50. The third kappa shape index (κ3) is 2.15. The van der Waals surface area contributed by atoms with Crippen LogP contribution in [0.2, 0.25) is 0 Å². The van der Waals surface area contributed by atoms with Crippen molar-refractivity contribution in [3.8, 4) is 0 Å². The maximum atomic E-state index is 12.5. The van der Waals surface area contributed by atoms with Gasteiger partial charge in [0.05, 0.1) is 0 Å². The summed E-state index contributed by atoms with van der Waals surface area (Å²) in [4.78, 5) is 30.0. The van der Waals surface area contributed by atoms with Gasteiger partial charge in [-0.25, -0.2) is 4.98 Å². The lowest BCUT2D eigenvalue weighted by Gasteiger charge is -2.11. The van der Waals surface area contributed by atoms with Crippen molar-refractivity contribution in [1.29, 1.82) is 0 Å². The molecule has 1 aromatic heterocycles. The summed E-state index contributed by atoms with van der Waals surface area (Å²) in [7, 11) is 0. The van der Waals surface area contributed by atoms with Crippen LogP contribution in [-0.2, 0) is 0 Å². The molecule has 0 radical (unpaired) electrons. The summed E-state index contributed by atoms with van der Waals surface area (Å²) in [6, 6.07) is 7.02. The zero-order chi connectivity index (χ0) is 14.4. The van der Waals surface area contributed by atoms with Crippen LogP contribution in [0.4, 0.5) is 0 Å². The number of thioether (sulfide) groups is 1. The summed E-state index contributed by atoms with van der Waals surface area (Å²) in [6.45, 7) is 0. The van der Waals surface area contributed by atoms with Crippen LogP contribution in [0.25, 0.3) is 0 Å². The predicted molar refractivity (Wildman–Crippen MR) is 83.5 cm³/mol. The Morgan fingerprint density at radius 3 is 2.43 bits per heavy atom. The van der Waals surface area contributed by atoms with Gasteiger partial charge in [-0.2, -0.15) is 0 Å². The van der Waals surface area contributed by atoms with E-state index in [0.29, 0.717) is 26.9 Å². The number of nitrogens with zero attached hydrogens (tertiary/aromatic N) is 1. The minimum atomic E-state index is -0.116. The highest BCUT2D eigenvalue weighted by Crippen LogP contribution is 2.40. The van der Waals surface area contributed by atoms with Crippen molar-refractivity contribution in [3.05, 3.63) is 46.0 Å². The van der Waals surface area contributed by atoms with Crippen molar-refractivity contribution in [2.45, 2.75) is 35.3 Å². The Kier molecular flexibility index (Phi) is 3.19. The van der Waals surface area contributed by atoms with Crippen LogP contribution in [0.5, 0.6) is 0 Å². The lowest BCUT2D eigenvalue weighted by molar-refractivity contribution is 0.0979. The Balaban J connectivity index is 1.72. The van der Waals surface area contributed by atoms with Gasteiger partial charge in [0.2, 0.25) is 11.6 Å². The molecule has 0 unspecified atom stereocenters. The van der Waals surface area contributed by atoms with Crippen LogP contribution in [0, 0.1) is 0 Å². The Bertz CT molecular complexity index is 692. The highest BCUT2D eigenvalue weighted by molar-refractivity contribution is 8.01. The van der Waals surface area contributed by atoms with E-state index >= 15 is 0 Å². The number of ketones is 2. The minimum Gasteiger partial charge on any atom is -0.288 e. The van der Waals surface area contributed by atoms with E-state index < -0.39 is 0 Å². The summed E-state index contributed by atoms with van der Waals surface area (Å²) < 4.78 is 0.862. The molecule has 3 nitrogen and oxygen atoms in total. The molecule has 2 aliphatic carbocycles. The summed E-state index contributed by atoms with van der Waals surface area (Å²) in [5.74, 6) is -0.175. The first kappa shape index (κ1) is 13.2. The highest BCUT2D eigenvalue weighted by Gasteiger charge is 2.33. The lowest BCUT2D eigenvalue weighted by Crippen LogP contribution is -2.19. The molecule has 0 amide bonds. The number of carbonyl (C=O) groups excluding carboxylic acids is 2. The van der Waals surface area contributed by atoms with Gasteiger partial charge in [-0.15, -0.1) is 11.3 Å². The van der Waals surface area contributed by atoms with E-state index in [4.69, 9.17) is 0 Å². The van der Waals surface area contributed by atoms with Crippen molar-refractivity contribution >= 4 is 34.7 Å². The second kappa shape index (κ2) is 5.07. The lowest BCUT2D eigenvalue weighted by atomic mass is 9.92. The number of fused-ring (bicyclic) bond motifs is 2. The first-order valence-corrected chi connectivity index (χ1v) is 8.79. The maximum Gasteiger partial charge on any atom is 0.213 e. The zero-order valence-electron chi connectivity index (χ0n) is 11.3. The van der Waals surface area contributed by atoms with Gasteiger partial charge >= 0.3 is 0 Å². The van der Waals surface area contributed by atoms with Gasteiger partial charge in [0.15, 0.2) is 4.34 Å². The number of aromatic nitrogens is 1. The number of hydrogen-bond donors (Lipinski definition) is 0. The molecule has 4 rings (SSSR count). The molecule has 5 heteroatoms. The molecule has 0 spiro atoms. The monoisotopic (exact) mass is 315 g/mol. The molecule has 2 aromatic rings. The standard InChI is InChI=1S/C16H13NO2S2/c18-13-10-7-3-4-8-11(10)14(19)15-12(13)17-16(21-15)20-9-5-1-2-6-9/h3-4,7-9H,1-2,5-6H2. The van der Waals surface area contributed by atoms with Crippen molar-refractivity contribution in [1.82, 2.24) is 4.98 Å². The SMILES string of the molecule is O=C1c2ccccc2C(=O)c2sc(SC3CCCC3)nc21. The van der Waals surface area contributed by atoms with E-state index in [1.165, 1.54) is 37.0 Å². The number of rotatable bonds is 2. The van der Waals surface area contributed by atoms with E-state index in [0.717, 1.165) is 4.34 Å². The Morgan fingerprint density at radius 2 is 1.71 bits per heavy atom. The van der Waals surface area contributed by atoms with E-state index in [9.17, 15) is 9.59 Å². The zero-order valence-corrected chi connectivity index (χ0v) is 12.9. The van der Waals surface area contributed by atoms with E-state index in [1.54, 1.807) is 36.0 Å². The maximum absolute atomic E-state index is 12.5. The molecule has 0 saturated heterocycles. The highest BCUT2D eigenvalue weighted by atomic mass is 32.2. The van der Waals surface area contributed by atoms with Crippen LogP contribution < -0.4 is 0 Å². The fourth-order valence-corrected chi connectivity index (χ4v) is 5.53. The van der Waals surface area contributed by atoms with Crippen LogP contribution in [0.1, 0.15) is 57.0 Å². The van der Waals surface area contributed by atoms with Crippen molar-refractivity contribution in [3.63, 3.8) is 0 Å². The third-order valence-electron chi connectivity index (χ3n) is 4.01. The largest absolute Gasteiger partial charge is 0.288 e. The van der Waals surface area contributed by atoms with Crippen LogP contribution in [0.15, 0.2) is 28.6 Å². The summed E-state index contributed by atoms with van der Waals surface area (Å²) >= 11 is 3.11. The van der Waals surface area contributed by atoms with Gasteiger partial charge in [-0.3, -0.25) is 9.59 Å². The predicted octanol–water partition coefficient (Wildman–Crippen LogP) is 3.95. The number of benzene rings is 1. The second-order valence-electron chi connectivity index (χ2n) is 5.39. The van der Waals surface area contributed by atoms with E-state index in [2.05, 4.69) is 4.98 Å². The Morgan fingerprint density at radius 1 is 1.05 bits per heavy atom. The molecule has 1 heterocycles. The molecule has 21 heavy (non-hydrogen) atoms. The van der Waals surface area contributed by atoms with Crippen molar-refractivity contribution in [2.24, 2.45) is 0 Å². The van der Waals surface area contributed by atoms with Gasteiger partial charge in [-0.1, -0.05) is 48.9 Å². The Hall–Kier alpha value is -1.46. The average molecular weight is 315 g/mol. The number of carbonyl (C=O) groups is 2. The summed E-state index contributed by atoms with van der Waals surface area (Å²) in [5.41, 5.74) is 1.35. The van der Waals surface area contributed by atoms with Gasteiger partial charge in [0, 0.05) is 16.4 Å². The van der Waals surface area contributed by atoms with Crippen molar-refractivity contribution in [2.75, 3.05) is 0 Å². The number of hydrogen-bond acceptors (Lipinski definition) is 5. The van der Waals surface area contributed by atoms with Crippen molar-refractivity contribution < 1.29 is 9.59 Å². The molecule has 2 aliphatic rings. The molecule has 1 saturated carbocycles. The first-order valence-electron chi connectivity index (χ1n) is 7.10. The van der Waals surface area contributed by atoms with Gasteiger partial charge in [0.25, 0.3) is 0 Å². The normalized spacial score (nSPS) is 17.9. The molecule has 1 aromatic carbocycles. The van der Waals surface area contributed by atoms with E-state index in [-0.39, 0.29) is 11.6 Å². The molecule has 0 atom stereocenters. The molecule has 0 bridgehead atoms. The van der Waals surface area contributed by atoms with Gasteiger partial charge in [0.1, 0.15) is 10.6 Å². The molecule has 106 valence electrons. The van der Waals surface area contributed by atoms with Crippen LogP contribution in [0.3, 0.4) is 0 Å². The molecule has 1 fully saturated rings. The summed E-state index contributed by atoms with van der Waals surface area (Å²) in [5, 5.41) is 0.588. The number of thiazole rings is 1. The average Bonchev–Trinajstić information content (AvgIpc) is 3.15. The van der Waals surface area contributed by atoms with Crippen LogP contribution in [-0.4, -0.2) is 21.8 Å². The van der Waals surface area contributed by atoms with Crippen LogP contribution >= 0.6 is 23.1 Å². The molecular weight excluding hydrogens is 302 g/mol. The van der Waals surface area contributed by atoms with E-state index in [1.807, 2.05) is 0 Å².